The van der Waals surface area contributed by atoms with Gasteiger partial charge >= 0.3 is 0 Å². The molecule has 7 heteroatoms. The number of hydrogen-bond donors (Lipinski definition) is 2. The summed E-state index contributed by atoms with van der Waals surface area (Å²) >= 11 is 0. The number of nitriles is 1. The summed E-state index contributed by atoms with van der Waals surface area (Å²) in [6.07, 6.45) is 2.98. The second-order valence-electron chi connectivity index (χ2n) is 7.41. The molecule has 1 amide bonds. The fourth-order valence-corrected chi connectivity index (χ4v) is 3.50. The maximum atomic E-state index is 12.7. The minimum Gasteiger partial charge on any atom is -0.385 e. The van der Waals surface area contributed by atoms with Crippen LogP contribution in [0.1, 0.15) is 49.9 Å². The van der Waals surface area contributed by atoms with Gasteiger partial charge in [-0.05, 0) is 43.9 Å². The number of fused-ring (bicyclic) bond motifs is 1. The third kappa shape index (κ3) is 3.35. The summed E-state index contributed by atoms with van der Waals surface area (Å²) in [5.41, 5.74) is 0.950. The van der Waals surface area contributed by atoms with Crippen molar-refractivity contribution in [3.8, 4) is 6.07 Å². The van der Waals surface area contributed by atoms with E-state index in [0.29, 0.717) is 28.4 Å². The zero-order chi connectivity index (χ0) is 19.7. The highest BCUT2D eigenvalue weighted by molar-refractivity contribution is 5.91. The van der Waals surface area contributed by atoms with Crippen molar-refractivity contribution in [2.45, 2.75) is 44.2 Å². The number of aliphatic hydroxyl groups is 1. The van der Waals surface area contributed by atoms with Crippen molar-refractivity contribution in [3.63, 3.8) is 0 Å². The van der Waals surface area contributed by atoms with Crippen molar-refractivity contribution in [3.05, 3.63) is 53.7 Å². The second kappa shape index (κ2) is 7.06. The molecule has 1 fully saturated rings. The number of anilines is 1. The first-order valence-corrected chi connectivity index (χ1v) is 9.35. The van der Waals surface area contributed by atoms with Crippen LogP contribution < -0.4 is 5.32 Å². The maximum Gasteiger partial charge on any atom is 0.229 e. The molecule has 1 aliphatic carbocycles. The molecule has 3 aromatic rings. The highest BCUT2D eigenvalue weighted by Crippen LogP contribution is 2.37. The van der Waals surface area contributed by atoms with Crippen molar-refractivity contribution >= 4 is 23.0 Å². The quantitative estimate of drug-likeness (QED) is 0.712. The molecule has 2 N–H and O–H groups in total. The van der Waals surface area contributed by atoms with Crippen molar-refractivity contribution < 1.29 is 9.90 Å². The van der Waals surface area contributed by atoms with Crippen molar-refractivity contribution in [1.82, 2.24) is 14.5 Å². The minimum atomic E-state index is -1.29. The van der Waals surface area contributed by atoms with Crippen LogP contribution in [0.4, 0.5) is 5.95 Å². The van der Waals surface area contributed by atoms with E-state index in [1.54, 1.807) is 31.2 Å². The molecule has 0 saturated heterocycles. The Hall–Kier alpha value is -3.24. The van der Waals surface area contributed by atoms with Gasteiger partial charge in [-0.2, -0.15) is 5.26 Å². The molecular weight excluding hydrogens is 354 g/mol. The Morgan fingerprint density at radius 2 is 2.04 bits per heavy atom. The van der Waals surface area contributed by atoms with Crippen LogP contribution in [0.15, 0.2) is 42.5 Å². The van der Waals surface area contributed by atoms with Crippen LogP contribution in [-0.4, -0.2) is 25.5 Å². The first kappa shape index (κ1) is 18.1. The monoisotopic (exact) mass is 375 g/mol. The zero-order valence-corrected chi connectivity index (χ0v) is 15.6. The van der Waals surface area contributed by atoms with E-state index >= 15 is 0 Å². The number of amides is 1. The molecule has 0 unspecified atom stereocenters. The molecule has 0 spiro atoms. The van der Waals surface area contributed by atoms with E-state index in [2.05, 4.69) is 15.3 Å². The van der Waals surface area contributed by atoms with Gasteiger partial charge in [-0.15, -0.1) is 0 Å². The topological polar surface area (TPSA) is 104 Å². The average molecular weight is 375 g/mol. The fourth-order valence-electron chi connectivity index (χ4n) is 3.50. The molecule has 7 nitrogen and oxygen atoms in total. The summed E-state index contributed by atoms with van der Waals surface area (Å²) in [5, 5.41) is 22.7. The van der Waals surface area contributed by atoms with Crippen LogP contribution in [0.2, 0.25) is 0 Å². The van der Waals surface area contributed by atoms with Gasteiger partial charge in [0.1, 0.15) is 17.3 Å². The van der Waals surface area contributed by atoms with E-state index < -0.39 is 5.60 Å². The Labute approximate surface area is 162 Å². The summed E-state index contributed by atoms with van der Waals surface area (Å²) in [7, 11) is 0. The molecule has 1 aromatic carbocycles. The first-order chi connectivity index (χ1) is 13.5. The number of nitrogens with one attached hydrogen (secondary N) is 1. The molecule has 0 radical (unpaired) electrons. The number of carbonyl (C=O) groups is 1. The molecule has 28 heavy (non-hydrogen) atoms. The SMILES string of the molecule is C[C@](O)(CC(=O)Nc1nc2ccc(C#N)nc2n1C1CCC1)c1ccccc1. The number of hydrogen-bond acceptors (Lipinski definition) is 5. The molecule has 1 aliphatic rings. The molecule has 1 saturated carbocycles. The Kier molecular flexibility index (Phi) is 4.57. The van der Waals surface area contributed by atoms with Gasteiger partial charge in [0.15, 0.2) is 5.65 Å². The van der Waals surface area contributed by atoms with Gasteiger partial charge < -0.3 is 5.11 Å². The number of benzene rings is 1. The van der Waals surface area contributed by atoms with E-state index in [-0.39, 0.29) is 18.4 Å². The number of rotatable bonds is 5. The third-order valence-electron chi connectivity index (χ3n) is 5.24. The van der Waals surface area contributed by atoms with Gasteiger partial charge in [0, 0.05) is 6.04 Å². The van der Waals surface area contributed by atoms with Crippen LogP contribution in [0.5, 0.6) is 0 Å². The Bertz CT molecular complexity index is 1060. The van der Waals surface area contributed by atoms with Crippen LogP contribution >= 0.6 is 0 Å². The number of carbonyl (C=O) groups excluding carboxylic acids is 1. The number of aromatic nitrogens is 3. The molecule has 0 aliphatic heterocycles. The number of imidazole rings is 1. The lowest BCUT2D eigenvalue weighted by Crippen LogP contribution is -2.30. The molecule has 2 aromatic heterocycles. The summed E-state index contributed by atoms with van der Waals surface area (Å²) in [6, 6.07) is 14.7. The fraction of sp³-hybridized carbons (Fsp3) is 0.333. The van der Waals surface area contributed by atoms with Crippen LogP contribution in [-0.2, 0) is 10.4 Å². The average Bonchev–Trinajstić information content (AvgIpc) is 2.97. The van der Waals surface area contributed by atoms with Gasteiger partial charge in [-0.3, -0.25) is 14.7 Å². The lowest BCUT2D eigenvalue weighted by Gasteiger charge is -2.29. The van der Waals surface area contributed by atoms with Crippen molar-refractivity contribution in [1.29, 1.82) is 5.26 Å². The Morgan fingerprint density at radius 3 is 2.68 bits per heavy atom. The zero-order valence-electron chi connectivity index (χ0n) is 15.6. The normalized spacial score (nSPS) is 16.2. The van der Waals surface area contributed by atoms with Gasteiger partial charge in [-0.25, -0.2) is 9.97 Å². The standard InChI is InChI=1S/C21H21N5O2/c1-21(28,14-6-3-2-4-7-14)12-18(27)25-20-24-17-11-10-15(13-22)23-19(17)26(20)16-8-5-9-16/h2-4,6-7,10-11,16,28H,5,8-9,12H2,1H3,(H,24,25,27)/t21-/m0/s1. The molecule has 0 bridgehead atoms. The van der Waals surface area contributed by atoms with E-state index in [1.165, 1.54) is 0 Å². The summed E-state index contributed by atoms with van der Waals surface area (Å²) in [4.78, 5) is 21.6. The highest BCUT2D eigenvalue weighted by atomic mass is 16.3. The highest BCUT2D eigenvalue weighted by Gasteiger charge is 2.29. The van der Waals surface area contributed by atoms with Gasteiger partial charge in [0.05, 0.1) is 12.0 Å². The molecule has 1 atom stereocenters. The third-order valence-corrected chi connectivity index (χ3v) is 5.24. The molecule has 142 valence electrons. The maximum absolute atomic E-state index is 12.7. The second-order valence-corrected chi connectivity index (χ2v) is 7.41. The molecule has 4 rings (SSSR count). The summed E-state index contributed by atoms with van der Waals surface area (Å²) in [6.45, 7) is 1.62. The summed E-state index contributed by atoms with van der Waals surface area (Å²) in [5.74, 6) is 0.0846. The largest absolute Gasteiger partial charge is 0.385 e. The number of nitrogens with zero attached hydrogens (tertiary/aromatic N) is 4. The van der Waals surface area contributed by atoms with Gasteiger partial charge in [0.25, 0.3) is 0 Å². The Balaban J connectivity index is 1.62. The van der Waals surface area contributed by atoms with Crippen LogP contribution in [0.3, 0.4) is 0 Å². The Morgan fingerprint density at radius 1 is 1.29 bits per heavy atom. The minimum absolute atomic E-state index is 0.0955. The van der Waals surface area contributed by atoms with Gasteiger partial charge in [-0.1, -0.05) is 30.3 Å². The van der Waals surface area contributed by atoms with E-state index in [1.807, 2.05) is 28.8 Å². The van der Waals surface area contributed by atoms with Gasteiger partial charge in [0.2, 0.25) is 11.9 Å². The lowest BCUT2D eigenvalue weighted by molar-refractivity contribution is -0.120. The summed E-state index contributed by atoms with van der Waals surface area (Å²) < 4.78 is 1.91. The molecule has 2 heterocycles. The smallest absolute Gasteiger partial charge is 0.229 e. The lowest BCUT2D eigenvalue weighted by atomic mass is 9.92. The molecular formula is C21H21N5O2. The predicted molar refractivity (Wildman–Crippen MR) is 104 cm³/mol. The first-order valence-electron chi connectivity index (χ1n) is 9.35. The van der Waals surface area contributed by atoms with Crippen molar-refractivity contribution in [2.75, 3.05) is 5.32 Å². The number of pyridine rings is 1. The van der Waals surface area contributed by atoms with E-state index in [0.717, 1.165) is 19.3 Å². The van der Waals surface area contributed by atoms with Crippen LogP contribution in [0, 0.1) is 11.3 Å². The van der Waals surface area contributed by atoms with E-state index in [4.69, 9.17) is 5.26 Å². The predicted octanol–water partition coefficient (Wildman–Crippen LogP) is 3.26. The van der Waals surface area contributed by atoms with Crippen LogP contribution in [0.25, 0.3) is 11.2 Å². The van der Waals surface area contributed by atoms with Crippen molar-refractivity contribution in [2.24, 2.45) is 0 Å². The van der Waals surface area contributed by atoms with E-state index in [9.17, 15) is 9.90 Å².